The largest absolute Gasteiger partial charge is 0.363 e. The normalized spacial score (nSPS) is 11.2. The minimum Gasteiger partial charge on any atom is -0.363 e. The van der Waals surface area contributed by atoms with Crippen LogP contribution < -0.4 is 0 Å². The highest BCUT2D eigenvalue weighted by Gasteiger charge is 1.94. The Morgan fingerprint density at radius 3 is 2.22 bits per heavy atom. The second-order valence-electron chi connectivity index (χ2n) is 2.01. The molecular weight excluding hydrogens is 109 g/mol. The minimum atomic E-state index is 0.738. The van der Waals surface area contributed by atoms with E-state index in [2.05, 4.69) is 6.58 Å². The topological polar surface area (TPSA) is 3.24 Å². The summed E-state index contributed by atoms with van der Waals surface area (Å²) in [5.74, 6) is 0. The molecule has 0 aliphatic rings. The van der Waals surface area contributed by atoms with Gasteiger partial charge in [-0.05, 0) is 19.4 Å². The fourth-order valence-corrected chi connectivity index (χ4v) is 0.414. The molecule has 0 rings (SSSR count). The van der Waals surface area contributed by atoms with E-state index in [1.165, 1.54) is 0 Å². The molecule has 0 aromatic carbocycles. The van der Waals surface area contributed by atoms with Crippen LogP contribution in [0.5, 0.6) is 0 Å². The molecule has 0 heterocycles. The second kappa shape index (κ2) is 3.39. The van der Waals surface area contributed by atoms with E-state index in [4.69, 9.17) is 7.85 Å². The molecule has 0 saturated carbocycles. The van der Waals surface area contributed by atoms with Crippen LogP contribution in [0.25, 0.3) is 0 Å². The van der Waals surface area contributed by atoms with Crippen LogP contribution >= 0.6 is 0 Å². The number of allylic oxidation sites excluding steroid dienone is 2. The van der Waals surface area contributed by atoms with E-state index in [0.717, 1.165) is 11.3 Å². The summed E-state index contributed by atoms with van der Waals surface area (Å²) in [5, 5.41) is 0. The standard InChI is InChI=1S/C7H12BN/c1-5-7(8)9(4)6(2)3/h5H,2H2,1,3-4H3/b7-5-. The van der Waals surface area contributed by atoms with E-state index < -0.39 is 0 Å². The third-order valence-corrected chi connectivity index (χ3v) is 1.26. The highest BCUT2D eigenvalue weighted by Crippen LogP contribution is 2.02. The van der Waals surface area contributed by atoms with E-state index in [0.29, 0.717) is 0 Å². The molecule has 9 heavy (non-hydrogen) atoms. The first kappa shape index (κ1) is 8.34. The van der Waals surface area contributed by atoms with Crippen molar-refractivity contribution in [2.24, 2.45) is 0 Å². The smallest absolute Gasteiger partial charge is 0.138 e. The summed E-state index contributed by atoms with van der Waals surface area (Å²) < 4.78 is 0. The molecule has 0 spiro atoms. The van der Waals surface area contributed by atoms with E-state index in [-0.39, 0.29) is 0 Å². The van der Waals surface area contributed by atoms with E-state index in [1.54, 1.807) is 0 Å². The molecule has 0 bridgehead atoms. The molecule has 0 N–H and O–H groups in total. The van der Waals surface area contributed by atoms with Crippen molar-refractivity contribution in [1.29, 1.82) is 0 Å². The lowest BCUT2D eigenvalue weighted by Crippen LogP contribution is -2.14. The third-order valence-electron chi connectivity index (χ3n) is 1.26. The van der Waals surface area contributed by atoms with Crippen LogP contribution in [-0.2, 0) is 0 Å². The fourth-order valence-electron chi connectivity index (χ4n) is 0.414. The number of hydrogen-bond acceptors (Lipinski definition) is 1. The molecule has 0 saturated heterocycles. The predicted octanol–water partition coefficient (Wildman–Crippen LogP) is 1.48. The van der Waals surface area contributed by atoms with Crippen molar-refractivity contribution in [2.45, 2.75) is 13.8 Å². The maximum Gasteiger partial charge on any atom is 0.138 e. The molecule has 48 valence electrons. The van der Waals surface area contributed by atoms with Gasteiger partial charge < -0.3 is 4.90 Å². The zero-order valence-electron chi connectivity index (χ0n) is 6.31. The lowest BCUT2D eigenvalue weighted by Gasteiger charge is -2.19. The van der Waals surface area contributed by atoms with Crippen LogP contribution in [0.15, 0.2) is 23.9 Å². The molecule has 0 aliphatic heterocycles. The van der Waals surface area contributed by atoms with Crippen LogP contribution in [0.1, 0.15) is 13.8 Å². The monoisotopic (exact) mass is 121 g/mol. The number of nitrogens with zero attached hydrogens (tertiary/aromatic N) is 1. The zero-order chi connectivity index (χ0) is 7.44. The first-order valence-corrected chi connectivity index (χ1v) is 2.90. The third kappa shape index (κ3) is 2.40. The molecular formula is C7H12BN. The molecule has 2 heteroatoms. The van der Waals surface area contributed by atoms with Crippen molar-refractivity contribution in [1.82, 2.24) is 4.90 Å². The lowest BCUT2D eigenvalue weighted by molar-refractivity contribution is 0.555. The van der Waals surface area contributed by atoms with Crippen LogP contribution in [0, 0.1) is 0 Å². The van der Waals surface area contributed by atoms with Crippen molar-refractivity contribution in [3.05, 3.63) is 23.9 Å². The Morgan fingerprint density at radius 1 is 1.67 bits per heavy atom. The van der Waals surface area contributed by atoms with Crippen molar-refractivity contribution < 1.29 is 0 Å². The molecule has 2 radical (unpaired) electrons. The molecule has 0 fully saturated rings. The van der Waals surface area contributed by atoms with Gasteiger partial charge >= 0.3 is 0 Å². The molecule has 1 nitrogen and oxygen atoms in total. The van der Waals surface area contributed by atoms with Gasteiger partial charge in [-0.25, -0.2) is 0 Å². The van der Waals surface area contributed by atoms with Gasteiger partial charge in [0.15, 0.2) is 0 Å². The van der Waals surface area contributed by atoms with Gasteiger partial charge in [-0.15, -0.1) is 0 Å². The Kier molecular flexibility index (Phi) is 3.14. The highest BCUT2D eigenvalue weighted by atomic mass is 15.1. The van der Waals surface area contributed by atoms with Gasteiger partial charge in [0.05, 0.1) is 0 Å². The average Bonchev–Trinajstić information content (AvgIpc) is 1.84. The summed E-state index contributed by atoms with van der Waals surface area (Å²) in [6, 6.07) is 0. The van der Waals surface area contributed by atoms with E-state index in [1.807, 2.05) is 31.9 Å². The van der Waals surface area contributed by atoms with E-state index in [9.17, 15) is 0 Å². The van der Waals surface area contributed by atoms with Gasteiger partial charge in [-0.1, -0.05) is 12.7 Å². The Balaban J connectivity index is 4.04. The molecule has 0 aromatic heterocycles. The van der Waals surface area contributed by atoms with Crippen molar-refractivity contribution >= 4 is 7.85 Å². The minimum absolute atomic E-state index is 0.738. The molecule has 0 aromatic rings. The summed E-state index contributed by atoms with van der Waals surface area (Å²) in [7, 11) is 7.43. The highest BCUT2D eigenvalue weighted by molar-refractivity contribution is 6.21. The zero-order valence-corrected chi connectivity index (χ0v) is 6.31. The van der Waals surface area contributed by atoms with Gasteiger partial charge in [0.25, 0.3) is 0 Å². The molecule has 0 aliphatic carbocycles. The van der Waals surface area contributed by atoms with Crippen molar-refractivity contribution in [3.63, 3.8) is 0 Å². The van der Waals surface area contributed by atoms with E-state index >= 15 is 0 Å². The van der Waals surface area contributed by atoms with Crippen LogP contribution in [0.2, 0.25) is 0 Å². The summed E-state index contributed by atoms with van der Waals surface area (Å²) in [4.78, 5) is 1.83. The average molecular weight is 121 g/mol. The number of rotatable bonds is 2. The van der Waals surface area contributed by atoms with Gasteiger partial charge in [-0.3, -0.25) is 0 Å². The predicted molar refractivity (Wildman–Crippen MR) is 42.1 cm³/mol. The van der Waals surface area contributed by atoms with Crippen LogP contribution in [0.4, 0.5) is 0 Å². The van der Waals surface area contributed by atoms with Gasteiger partial charge in [0.1, 0.15) is 7.85 Å². The Labute approximate surface area is 58.5 Å². The first-order chi connectivity index (χ1) is 4.09. The fraction of sp³-hybridized carbons (Fsp3) is 0.429. The quantitative estimate of drug-likeness (QED) is 0.500. The summed E-state index contributed by atoms with van der Waals surface area (Å²) in [6.07, 6.45) is 1.84. The van der Waals surface area contributed by atoms with Gasteiger partial charge in [0, 0.05) is 12.7 Å². The molecule has 0 amide bonds. The SMILES string of the molecule is [B]/C(=C/C)N(C)C(=C)C. The van der Waals surface area contributed by atoms with Crippen LogP contribution in [0.3, 0.4) is 0 Å². The molecule has 0 unspecified atom stereocenters. The lowest BCUT2D eigenvalue weighted by atomic mass is 10.0. The Bertz CT molecular complexity index is 138. The summed E-state index contributed by atoms with van der Waals surface area (Å²) in [5.41, 5.74) is 1.69. The van der Waals surface area contributed by atoms with Crippen LogP contribution in [-0.4, -0.2) is 19.8 Å². The maximum absolute atomic E-state index is 5.54. The second-order valence-corrected chi connectivity index (χ2v) is 2.01. The van der Waals surface area contributed by atoms with Crippen molar-refractivity contribution in [3.8, 4) is 0 Å². The summed E-state index contributed by atoms with van der Waals surface area (Å²) >= 11 is 0. The van der Waals surface area contributed by atoms with Gasteiger partial charge in [0.2, 0.25) is 0 Å². The Hall–Kier alpha value is -0.655. The van der Waals surface area contributed by atoms with Gasteiger partial charge in [-0.2, -0.15) is 0 Å². The first-order valence-electron chi connectivity index (χ1n) is 2.90. The number of hydrogen-bond donors (Lipinski definition) is 0. The molecule has 0 atom stereocenters. The van der Waals surface area contributed by atoms with Crippen molar-refractivity contribution in [2.75, 3.05) is 7.05 Å². The maximum atomic E-state index is 5.54. The Morgan fingerprint density at radius 2 is 2.11 bits per heavy atom. The summed E-state index contributed by atoms with van der Waals surface area (Å²) in [6.45, 7) is 7.54.